The van der Waals surface area contributed by atoms with Gasteiger partial charge in [0.05, 0.1) is 11.6 Å². The molecule has 9 heteroatoms. The molecule has 1 fully saturated rings. The fourth-order valence-corrected chi connectivity index (χ4v) is 3.81. The van der Waals surface area contributed by atoms with Crippen LogP contribution in [0.1, 0.15) is 45.1 Å². The van der Waals surface area contributed by atoms with Crippen molar-refractivity contribution in [2.75, 3.05) is 18.4 Å². The topological polar surface area (TPSA) is 69.6 Å². The molecule has 0 aliphatic carbocycles. The van der Waals surface area contributed by atoms with E-state index in [0.29, 0.717) is 37.4 Å². The first-order chi connectivity index (χ1) is 14.0. The number of likely N-dealkylation sites (tertiary alicyclic amines) is 1. The molecule has 5 nitrogen and oxygen atoms in total. The second-order valence-corrected chi connectivity index (χ2v) is 7.86. The number of alkyl halides is 3. The van der Waals surface area contributed by atoms with E-state index >= 15 is 0 Å². The third kappa shape index (κ3) is 6.42. The summed E-state index contributed by atoms with van der Waals surface area (Å²) in [6, 6.07) is 2.26. The van der Waals surface area contributed by atoms with Crippen LogP contribution in [0.4, 0.5) is 23.2 Å². The van der Waals surface area contributed by atoms with Gasteiger partial charge < -0.3 is 10.4 Å². The summed E-state index contributed by atoms with van der Waals surface area (Å²) in [7, 11) is 0. The fraction of sp³-hybridized carbons (Fsp3) is 0.619. The van der Waals surface area contributed by atoms with E-state index in [1.165, 1.54) is 17.0 Å². The van der Waals surface area contributed by atoms with E-state index in [1.54, 1.807) is 0 Å². The van der Waals surface area contributed by atoms with Gasteiger partial charge in [0.1, 0.15) is 11.9 Å². The van der Waals surface area contributed by atoms with Crippen molar-refractivity contribution in [1.82, 2.24) is 4.90 Å². The van der Waals surface area contributed by atoms with Crippen molar-refractivity contribution in [3.05, 3.63) is 29.6 Å². The molecule has 1 aromatic rings. The number of benzene rings is 1. The normalized spacial score (nSPS) is 18.1. The van der Waals surface area contributed by atoms with Crippen LogP contribution in [0.3, 0.4) is 0 Å². The molecule has 0 aromatic heterocycles. The van der Waals surface area contributed by atoms with Crippen molar-refractivity contribution in [1.29, 1.82) is 0 Å². The Kier molecular flexibility index (Phi) is 8.23. The number of carbonyl (C=O) groups is 2. The Morgan fingerprint density at radius 2 is 1.90 bits per heavy atom. The maximum atomic E-state index is 14.2. The summed E-state index contributed by atoms with van der Waals surface area (Å²) in [6.45, 7) is 3.75. The zero-order chi connectivity index (χ0) is 22.5. The van der Waals surface area contributed by atoms with Crippen molar-refractivity contribution in [2.24, 2.45) is 11.8 Å². The Labute approximate surface area is 173 Å². The van der Waals surface area contributed by atoms with Crippen molar-refractivity contribution in [2.45, 2.75) is 58.2 Å². The number of halogens is 4. The standard InChI is InChI=1S/C21H28F4N2O3/c1-3-14-8-10-27(11-9-14)19(13(2)21(23,24)25)20(30)26-17-12-15(4-6-16(17)22)5-7-18(28)29/h4,6,12-14,19H,3,5,7-11H2,1-2H3,(H,26,30)(H,28,29)/t13-,19-/m0/s1. The molecule has 1 heterocycles. The number of carboxylic acids is 1. The van der Waals surface area contributed by atoms with Gasteiger partial charge in [-0.05, 0) is 56.0 Å². The lowest BCUT2D eigenvalue weighted by molar-refractivity contribution is -0.189. The number of aliphatic carboxylic acids is 1. The van der Waals surface area contributed by atoms with Crippen LogP contribution in [0.15, 0.2) is 18.2 Å². The Morgan fingerprint density at radius 1 is 1.27 bits per heavy atom. The van der Waals surface area contributed by atoms with E-state index in [9.17, 15) is 27.2 Å². The van der Waals surface area contributed by atoms with Crippen molar-refractivity contribution < 1.29 is 32.3 Å². The summed E-state index contributed by atoms with van der Waals surface area (Å²) in [5, 5.41) is 11.1. The molecule has 168 valence electrons. The maximum absolute atomic E-state index is 14.2. The predicted octanol–water partition coefficient (Wildman–Crippen LogP) is 4.47. The van der Waals surface area contributed by atoms with Crippen LogP contribution in [0, 0.1) is 17.7 Å². The van der Waals surface area contributed by atoms with Crippen LogP contribution in [0.25, 0.3) is 0 Å². The monoisotopic (exact) mass is 432 g/mol. The molecule has 1 aliphatic heterocycles. The average Bonchev–Trinajstić information content (AvgIpc) is 2.68. The van der Waals surface area contributed by atoms with Gasteiger partial charge in [0, 0.05) is 6.42 Å². The van der Waals surface area contributed by atoms with Crippen LogP contribution in [0.5, 0.6) is 0 Å². The molecular weight excluding hydrogens is 404 g/mol. The first-order valence-corrected chi connectivity index (χ1v) is 10.1. The second-order valence-electron chi connectivity index (χ2n) is 7.86. The number of nitrogens with zero attached hydrogens (tertiary/aromatic N) is 1. The Hall–Kier alpha value is -2.16. The van der Waals surface area contributed by atoms with Crippen molar-refractivity contribution in [3.63, 3.8) is 0 Å². The Balaban J connectivity index is 2.22. The molecular formula is C21H28F4N2O3. The van der Waals surface area contributed by atoms with E-state index in [1.807, 2.05) is 6.92 Å². The van der Waals surface area contributed by atoms with Gasteiger partial charge in [-0.25, -0.2) is 4.39 Å². The molecule has 0 unspecified atom stereocenters. The van der Waals surface area contributed by atoms with Crippen LogP contribution >= 0.6 is 0 Å². The molecule has 0 saturated carbocycles. The number of anilines is 1. The van der Waals surface area contributed by atoms with E-state index in [-0.39, 0.29) is 18.5 Å². The number of piperidine rings is 1. The summed E-state index contributed by atoms with van der Waals surface area (Å²) in [4.78, 5) is 25.1. The molecule has 0 spiro atoms. The highest BCUT2D eigenvalue weighted by molar-refractivity contribution is 5.95. The summed E-state index contributed by atoms with van der Waals surface area (Å²) in [6.07, 6.45) is -2.28. The van der Waals surface area contributed by atoms with Crippen molar-refractivity contribution in [3.8, 4) is 0 Å². The SMILES string of the molecule is CCC1CCN([C@H](C(=O)Nc2cc(CCC(=O)O)ccc2F)[C@H](C)C(F)(F)F)CC1. The average molecular weight is 432 g/mol. The predicted molar refractivity (Wildman–Crippen MR) is 105 cm³/mol. The Morgan fingerprint density at radius 3 is 2.43 bits per heavy atom. The molecule has 0 radical (unpaired) electrons. The highest BCUT2D eigenvalue weighted by atomic mass is 19.4. The highest BCUT2D eigenvalue weighted by Gasteiger charge is 2.47. The molecule has 2 N–H and O–H groups in total. The van der Waals surface area contributed by atoms with E-state index in [4.69, 9.17) is 5.11 Å². The minimum absolute atomic E-state index is 0.116. The molecule has 30 heavy (non-hydrogen) atoms. The first kappa shape index (κ1) is 24.1. The number of aryl methyl sites for hydroxylation is 1. The van der Waals surface area contributed by atoms with Gasteiger partial charge in [-0.1, -0.05) is 26.3 Å². The smallest absolute Gasteiger partial charge is 0.393 e. The lowest BCUT2D eigenvalue weighted by atomic mass is 9.90. The minimum Gasteiger partial charge on any atom is -0.481 e. The van der Waals surface area contributed by atoms with Crippen LogP contribution < -0.4 is 5.32 Å². The number of amides is 1. The fourth-order valence-electron chi connectivity index (χ4n) is 3.81. The minimum atomic E-state index is -4.58. The second kappa shape index (κ2) is 10.2. The zero-order valence-electron chi connectivity index (χ0n) is 17.1. The Bertz CT molecular complexity index is 746. The molecule has 0 bridgehead atoms. The van der Waals surface area contributed by atoms with Gasteiger partial charge in [-0.15, -0.1) is 0 Å². The number of hydrogen-bond acceptors (Lipinski definition) is 3. The van der Waals surface area contributed by atoms with Gasteiger partial charge in [0.15, 0.2) is 0 Å². The molecule has 1 amide bonds. The summed E-state index contributed by atoms with van der Waals surface area (Å²) in [5.74, 6) is -4.22. The van der Waals surface area contributed by atoms with E-state index in [2.05, 4.69) is 5.32 Å². The number of nitrogens with one attached hydrogen (secondary N) is 1. The summed E-state index contributed by atoms with van der Waals surface area (Å²) in [5.41, 5.74) is 0.226. The molecule has 2 rings (SSSR count). The van der Waals surface area contributed by atoms with Crippen LogP contribution in [-0.4, -0.2) is 47.2 Å². The number of carbonyl (C=O) groups excluding carboxylic acids is 1. The van der Waals surface area contributed by atoms with Crippen molar-refractivity contribution >= 4 is 17.6 Å². The largest absolute Gasteiger partial charge is 0.481 e. The summed E-state index contributed by atoms with van der Waals surface area (Å²) < 4.78 is 54.6. The number of rotatable bonds is 8. The van der Waals surface area contributed by atoms with Gasteiger partial charge in [0.2, 0.25) is 5.91 Å². The molecule has 1 saturated heterocycles. The van der Waals surface area contributed by atoms with Gasteiger partial charge in [0.25, 0.3) is 0 Å². The number of hydrogen-bond donors (Lipinski definition) is 2. The molecule has 2 atom stereocenters. The molecule has 1 aliphatic rings. The third-order valence-corrected chi connectivity index (χ3v) is 5.79. The van der Waals surface area contributed by atoms with E-state index < -0.39 is 35.8 Å². The van der Waals surface area contributed by atoms with Gasteiger partial charge in [-0.3, -0.25) is 14.5 Å². The first-order valence-electron chi connectivity index (χ1n) is 10.1. The van der Waals surface area contributed by atoms with Gasteiger partial charge in [-0.2, -0.15) is 13.2 Å². The van der Waals surface area contributed by atoms with E-state index in [0.717, 1.165) is 19.4 Å². The van der Waals surface area contributed by atoms with Crippen LogP contribution in [0.2, 0.25) is 0 Å². The summed E-state index contributed by atoms with van der Waals surface area (Å²) >= 11 is 0. The lowest BCUT2D eigenvalue weighted by Gasteiger charge is -2.39. The highest BCUT2D eigenvalue weighted by Crippen LogP contribution is 2.34. The quantitative estimate of drug-likeness (QED) is 0.595. The third-order valence-electron chi connectivity index (χ3n) is 5.79. The zero-order valence-corrected chi connectivity index (χ0v) is 17.1. The van der Waals surface area contributed by atoms with Gasteiger partial charge >= 0.3 is 12.1 Å². The number of carboxylic acid groups (broad SMARTS) is 1. The maximum Gasteiger partial charge on any atom is 0.393 e. The lowest BCUT2D eigenvalue weighted by Crippen LogP contribution is -2.54. The van der Waals surface area contributed by atoms with Crippen LogP contribution in [-0.2, 0) is 16.0 Å². The molecule has 1 aromatic carbocycles.